The van der Waals surface area contributed by atoms with Gasteiger partial charge in [0.1, 0.15) is 0 Å². The second kappa shape index (κ2) is 3.37. The van der Waals surface area contributed by atoms with E-state index in [9.17, 15) is 0 Å². The van der Waals surface area contributed by atoms with Crippen molar-refractivity contribution in [2.75, 3.05) is 0 Å². The summed E-state index contributed by atoms with van der Waals surface area (Å²) in [4.78, 5) is 0. The van der Waals surface area contributed by atoms with Gasteiger partial charge in [-0.25, -0.2) is 0 Å². The maximum atomic E-state index is 3.81. The summed E-state index contributed by atoms with van der Waals surface area (Å²) in [6.07, 6.45) is 11.5. The summed E-state index contributed by atoms with van der Waals surface area (Å²) >= 11 is 0. The van der Waals surface area contributed by atoms with Crippen molar-refractivity contribution in [3.8, 4) is 0 Å². The molecule has 0 aromatic carbocycles. The molecular formula is C11H21N. The summed E-state index contributed by atoms with van der Waals surface area (Å²) < 4.78 is 0. The van der Waals surface area contributed by atoms with Crippen LogP contribution >= 0.6 is 0 Å². The van der Waals surface area contributed by atoms with E-state index in [4.69, 9.17) is 0 Å². The Morgan fingerprint density at radius 3 is 2.08 bits per heavy atom. The monoisotopic (exact) mass is 167 g/mol. The van der Waals surface area contributed by atoms with E-state index >= 15 is 0 Å². The topological polar surface area (TPSA) is 12.0 Å². The van der Waals surface area contributed by atoms with E-state index in [1.54, 1.807) is 0 Å². The van der Waals surface area contributed by atoms with Crippen molar-refractivity contribution < 1.29 is 0 Å². The zero-order chi connectivity index (χ0) is 8.44. The van der Waals surface area contributed by atoms with E-state index in [-0.39, 0.29) is 0 Å². The summed E-state index contributed by atoms with van der Waals surface area (Å²) in [6.45, 7) is 2.37. The third-order valence-electron chi connectivity index (χ3n) is 3.41. The maximum absolute atomic E-state index is 3.81. The zero-order valence-electron chi connectivity index (χ0n) is 8.23. The molecule has 1 nitrogen and oxygen atoms in total. The molecular weight excluding hydrogens is 146 g/mol. The molecule has 0 aromatic heterocycles. The van der Waals surface area contributed by atoms with Crippen LogP contribution in [0.5, 0.6) is 0 Å². The molecule has 0 aromatic rings. The van der Waals surface area contributed by atoms with Crippen LogP contribution in [-0.4, -0.2) is 11.6 Å². The Balaban J connectivity index is 1.77. The molecule has 0 atom stereocenters. The molecule has 2 aliphatic rings. The molecule has 2 rings (SSSR count). The Labute approximate surface area is 75.9 Å². The lowest BCUT2D eigenvalue weighted by molar-refractivity contribution is 0.396. The van der Waals surface area contributed by atoms with Gasteiger partial charge in [0.2, 0.25) is 0 Å². The fourth-order valence-electron chi connectivity index (χ4n) is 2.25. The molecule has 0 amide bonds. The average Bonchev–Trinajstić information content (AvgIpc) is 2.78. The van der Waals surface area contributed by atoms with Crippen LogP contribution in [0.1, 0.15) is 58.3 Å². The van der Waals surface area contributed by atoms with Crippen LogP contribution in [0.4, 0.5) is 0 Å². The third kappa shape index (κ3) is 2.22. The Morgan fingerprint density at radius 2 is 1.58 bits per heavy atom. The fourth-order valence-corrected chi connectivity index (χ4v) is 2.25. The van der Waals surface area contributed by atoms with Crippen LogP contribution in [0.25, 0.3) is 0 Å². The van der Waals surface area contributed by atoms with Crippen molar-refractivity contribution in [3.05, 3.63) is 0 Å². The number of rotatable bonds is 2. The molecule has 1 N–H and O–H groups in total. The van der Waals surface area contributed by atoms with Crippen LogP contribution < -0.4 is 5.32 Å². The van der Waals surface area contributed by atoms with E-state index < -0.39 is 0 Å². The predicted molar refractivity (Wildman–Crippen MR) is 52.3 cm³/mol. The second-order valence-corrected chi connectivity index (χ2v) is 4.89. The van der Waals surface area contributed by atoms with Gasteiger partial charge in [-0.2, -0.15) is 0 Å². The molecule has 2 saturated carbocycles. The van der Waals surface area contributed by atoms with E-state index in [1.165, 1.54) is 51.4 Å². The fraction of sp³-hybridized carbons (Fsp3) is 1.00. The molecule has 70 valence electrons. The predicted octanol–water partition coefficient (Wildman–Crippen LogP) is 2.85. The summed E-state index contributed by atoms with van der Waals surface area (Å²) in [5.41, 5.74) is 0.551. The van der Waals surface area contributed by atoms with Crippen molar-refractivity contribution in [1.29, 1.82) is 0 Å². The lowest BCUT2D eigenvalue weighted by Crippen LogP contribution is -2.37. The number of hydrogen-bond donors (Lipinski definition) is 1. The van der Waals surface area contributed by atoms with Crippen molar-refractivity contribution in [2.45, 2.75) is 69.9 Å². The largest absolute Gasteiger partial charge is 0.309 e. The van der Waals surface area contributed by atoms with Gasteiger partial charge in [0.25, 0.3) is 0 Å². The highest BCUT2D eigenvalue weighted by atomic mass is 15.0. The first kappa shape index (κ1) is 8.55. The van der Waals surface area contributed by atoms with Crippen LogP contribution in [0.15, 0.2) is 0 Å². The minimum absolute atomic E-state index is 0.551. The average molecular weight is 167 g/mol. The molecule has 0 unspecified atom stereocenters. The Bertz CT molecular complexity index is 141. The van der Waals surface area contributed by atoms with Crippen LogP contribution in [0.2, 0.25) is 0 Å². The molecule has 0 bridgehead atoms. The SMILES string of the molecule is CC1(NC2CCCCCC2)CC1. The van der Waals surface area contributed by atoms with Crippen molar-refractivity contribution in [2.24, 2.45) is 0 Å². The van der Waals surface area contributed by atoms with Gasteiger partial charge in [0, 0.05) is 11.6 Å². The summed E-state index contributed by atoms with van der Waals surface area (Å²) in [5, 5.41) is 3.81. The smallest absolute Gasteiger partial charge is 0.0157 e. The summed E-state index contributed by atoms with van der Waals surface area (Å²) in [6, 6.07) is 0.847. The Hall–Kier alpha value is -0.0400. The number of nitrogens with one attached hydrogen (secondary N) is 1. The van der Waals surface area contributed by atoms with Gasteiger partial charge in [-0.05, 0) is 32.6 Å². The van der Waals surface area contributed by atoms with Gasteiger partial charge < -0.3 is 5.32 Å². The van der Waals surface area contributed by atoms with Crippen LogP contribution in [0, 0.1) is 0 Å². The molecule has 1 heteroatoms. The lowest BCUT2D eigenvalue weighted by atomic mass is 10.1. The van der Waals surface area contributed by atoms with Gasteiger partial charge in [-0.1, -0.05) is 25.7 Å². The number of hydrogen-bond acceptors (Lipinski definition) is 1. The molecule has 0 radical (unpaired) electrons. The van der Waals surface area contributed by atoms with Crippen molar-refractivity contribution >= 4 is 0 Å². The second-order valence-electron chi connectivity index (χ2n) is 4.89. The minimum Gasteiger partial charge on any atom is -0.309 e. The molecule has 2 aliphatic carbocycles. The van der Waals surface area contributed by atoms with Gasteiger partial charge in [0.15, 0.2) is 0 Å². The minimum atomic E-state index is 0.551. The summed E-state index contributed by atoms with van der Waals surface area (Å²) in [5.74, 6) is 0. The highest BCUT2D eigenvalue weighted by Gasteiger charge is 2.38. The van der Waals surface area contributed by atoms with Gasteiger partial charge in [0.05, 0.1) is 0 Å². The van der Waals surface area contributed by atoms with E-state index in [1.807, 2.05) is 0 Å². The first-order chi connectivity index (χ1) is 5.79. The van der Waals surface area contributed by atoms with Crippen LogP contribution in [-0.2, 0) is 0 Å². The van der Waals surface area contributed by atoms with Gasteiger partial charge >= 0.3 is 0 Å². The molecule has 0 heterocycles. The van der Waals surface area contributed by atoms with E-state index in [0.29, 0.717) is 5.54 Å². The quantitative estimate of drug-likeness (QED) is 0.624. The van der Waals surface area contributed by atoms with Crippen molar-refractivity contribution in [1.82, 2.24) is 5.32 Å². The van der Waals surface area contributed by atoms with Gasteiger partial charge in [-0.3, -0.25) is 0 Å². The highest BCUT2D eigenvalue weighted by Crippen LogP contribution is 2.36. The van der Waals surface area contributed by atoms with E-state index in [2.05, 4.69) is 12.2 Å². The maximum Gasteiger partial charge on any atom is 0.0157 e. The molecule has 2 fully saturated rings. The molecule has 0 aliphatic heterocycles. The van der Waals surface area contributed by atoms with Crippen molar-refractivity contribution in [3.63, 3.8) is 0 Å². The third-order valence-corrected chi connectivity index (χ3v) is 3.41. The molecule has 0 spiro atoms. The van der Waals surface area contributed by atoms with Crippen LogP contribution in [0.3, 0.4) is 0 Å². The Kier molecular flexibility index (Phi) is 2.40. The highest BCUT2D eigenvalue weighted by molar-refractivity contribution is 4.99. The molecule has 0 saturated heterocycles. The normalized spacial score (nSPS) is 29.8. The summed E-state index contributed by atoms with van der Waals surface area (Å²) in [7, 11) is 0. The lowest BCUT2D eigenvalue weighted by Gasteiger charge is -2.21. The van der Waals surface area contributed by atoms with Gasteiger partial charge in [-0.15, -0.1) is 0 Å². The first-order valence-electron chi connectivity index (χ1n) is 5.56. The standard InChI is InChI=1S/C11H21N/c1-11(8-9-11)12-10-6-4-2-3-5-7-10/h10,12H,2-9H2,1H3. The zero-order valence-corrected chi connectivity index (χ0v) is 8.23. The first-order valence-corrected chi connectivity index (χ1v) is 5.56. The Morgan fingerprint density at radius 1 is 1.00 bits per heavy atom. The molecule has 12 heavy (non-hydrogen) atoms. The van der Waals surface area contributed by atoms with E-state index in [0.717, 1.165) is 6.04 Å².